The van der Waals surface area contributed by atoms with Crippen LogP contribution in [0.25, 0.3) is 0 Å². The molecule has 0 spiro atoms. The van der Waals surface area contributed by atoms with Gasteiger partial charge in [0.2, 0.25) is 10.0 Å². The molecule has 0 amide bonds. The quantitative estimate of drug-likeness (QED) is 0.379. The zero-order chi connectivity index (χ0) is 18.6. The smallest absolute Gasteiger partial charge is 0.237 e. The number of benzene rings is 1. The van der Waals surface area contributed by atoms with Crippen LogP contribution >= 0.6 is 24.0 Å². The Balaban J connectivity index is 0.00000261. The van der Waals surface area contributed by atoms with Crippen LogP contribution in [-0.4, -0.2) is 57.8 Å². The topological polar surface area (TPSA) is 65.0 Å². The number of aliphatic imine (C=N–C) groups is 1. The Bertz CT molecular complexity index is 746. The maximum Gasteiger partial charge on any atom is 0.237 e. The van der Waals surface area contributed by atoms with Gasteiger partial charge in [-0.3, -0.25) is 9.30 Å². The molecule has 1 saturated heterocycles. The molecule has 1 fully saturated rings. The first-order valence-electron chi connectivity index (χ1n) is 9.63. The molecule has 0 atom stereocenters. The fraction of sp³-hybridized carbons (Fsp3) is 0.632. The van der Waals surface area contributed by atoms with Gasteiger partial charge in [-0.2, -0.15) is 0 Å². The molecule has 27 heavy (non-hydrogen) atoms. The third kappa shape index (κ3) is 5.49. The van der Waals surface area contributed by atoms with Crippen molar-refractivity contribution < 1.29 is 8.42 Å². The van der Waals surface area contributed by atoms with E-state index >= 15 is 0 Å². The summed E-state index contributed by atoms with van der Waals surface area (Å²) in [6, 6.07) is 7.75. The monoisotopic (exact) mass is 506 g/mol. The maximum absolute atomic E-state index is 12.8. The summed E-state index contributed by atoms with van der Waals surface area (Å²) in [5, 5.41) is 3.31. The molecule has 152 valence electrons. The molecular weight excluding hydrogens is 475 g/mol. The summed E-state index contributed by atoms with van der Waals surface area (Å²) in [4.78, 5) is 6.85. The van der Waals surface area contributed by atoms with Gasteiger partial charge in [-0.15, -0.1) is 24.0 Å². The van der Waals surface area contributed by atoms with Crippen LogP contribution in [0.15, 0.2) is 29.3 Å². The molecule has 0 aliphatic carbocycles. The lowest BCUT2D eigenvalue weighted by Crippen LogP contribution is -2.45. The summed E-state index contributed by atoms with van der Waals surface area (Å²) >= 11 is 0. The second kappa shape index (κ2) is 9.95. The Hall–Kier alpha value is -1.03. The van der Waals surface area contributed by atoms with E-state index in [9.17, 15) is 8.42 Å². The van der Waals surface area contributed by atoms with E-state index in [4.69, 9.17) is 0 Å². The predicted octanol–water partition coefficient (Wildman–Crippen LogP) is 2.69. The highest BCUT2D eigenvalue weighted by Gasteiger charge is 2.28. The first-order valence-corrected chi connectivity index (χ1v) is 11.2. The Morgan fingerprint density at radius 3 is 2.63 bits per heavy atom. The predicted molar refractivity (Wildman–Crippen MR) is 123 cm³/mol. The molecule has 0 aromatic heterocycles. The van der Waals surface area contributed by atoms with Crippen molar-refractivity contribution >= 4 is 45.6 Å². The van der Waals surface area contributed by atoms with Crippen LogP contribution in [0.3, 0.4) is 0 Å². The Kier molecular flexibility index (Phi) is 8.20. The maximum atomic E-state index is 12.8. The van der Waals surface area contributed by atoms with Crippen LogP contribution in [-0.2, 0) is 16.4 Å². The van der Waals surface area contributed by atoms with Crippen LogP contribution in [0, 0.1) is 5.92 Å². The van der Waals surface area contributed by atoms with Gasteiger partial charge in [0, 0.05) is 26.2 Å². The molecule has 2 aliphatic heterocycles. The number of nitrogens with zero attached hydrogens (tertiary/aromatic N) is 3. The van der Waals surface area contributed by atoms with Crippen LogP contribution in [0.4, 0.5) is 5.69 Å². The summed E-state index contributed by atoms with van der Waals surface area (Å²) in [6.45, 7) is 7.91. The molecule has 1 N–H and O–H groups in total. The van der Waals surface area contributed by atoms with E-state index in [0.29, 0.717) is 6.54 Å². The van der Waals surface area contributed by atoms with Crippen LogP contribution in [0.1, 0.15) is 32.3 Å². The first-order chi connectivity index (χ1) is 12.5. The van der Waals surface area contributed by atoms with Crippen molar-refractivity contribution in [2.75, 3.05) is 42.8 Å². The minimum Gasteiger partial charge on any atom is -0.357 e. The molecule has 2 heterocycles. The number of hydrogen-bond acceptors (Lipinski definition) is 3. The average molecular weight is 506 g/mol. The van der Waals surface area contributed by atoms with Crippen LogP contribution in [0.2, 0.25) is 0 Å². The van der Waals surface area contributed by atoms with Crippen molar-refractivity contribution in [2.45, 2.75) is 33.1 Å². The molecule has 8 heteroatoms. The van der Waals surface area contributed by atoms with Crippen molar-refractivity contribution in [3.05, 3.63) is 29.8 Å². The van der Waals surface area contributed by atoms with Crippen LogP contribution < -0.4 is 9.62 Å². The first kappa shape index (κ1) is 22.3. The molecule has 0 radical (unpaired) electrons. The lowest BCUT2D eigenvalue weighted by Gasteiger charge is -2.33. The van der Waals surface area contributed by atoms with Crippen molar-refractivity contribution in [2.24, 2.45) is 10.9 Å². The van der Waals surface area contributed by atoms with Crippen molar-refractivity contribution in [3.63, 3.8) is 0 Å². The second-order valence-electron chi connectivity index (χ2n) is 7.17. The lowest BCUT2D eigenvalue weighted by atomic mass is 10.00. The van der Waals surface area contributed by atoms with Gasteiger partial charge in [0.15, 0.2) is 5.96 Å². The Morgan fingerprint density at radius 2 is 1.93 bits per heavy atom. The number of sulfonamides is 1. The summed E-state index contributed by atoms with van der Waals surface area (Å²) < 4.78 is 27.1. The molecule has 0 saturated carbocycles. The number of guanidine groups is 1. The number of fused-ring (bicyclic) bond motifs is 1. The highest BCUT2D eigenvalue weighted by molar-refractivity contribution is 14.0. The lowest BCUT2D eigenvalue weighted by molar-refractivity contribution is 0.273. The molecule has 1 aromatic carbocycles. The molecule has 0 unspecified atom stereocenters. The molecule has 6 nitrogen and oxygen atoms in total. The largest absolute Gasteiger partial charge is 0.357 e. The minimum atomic E-state index is -3.34. The summed E-state index contributed by atoms with van der Waals surface area (Å²) in [5.74, 6) is 1.64. The van der Waals surface area contributed by atoms with E-state index in [2.05, 4.69) is 22.1 Å². The summed E-state index contributed by atoms with van der Waals surface area (Å²) in [7, 11) is -3.34. The number of likely N-dealkylation sites (tertiary alicyclic amines) is 1. The average Bonchev–Trinajstić information content (AvgIpc) is 3.07. The molecule has 3 rings (SSSR count). The molecular formula is C19H31IN4O2S. The highest BCUT2D eigenvalue weighted by Crippen LogP contribution is 2.29. The van der Waals surface area contributed by atoms with E-state index in [0.717, 1.165) is 62.0 Å². The van der Waals surface area contributed by atoms with Gasteiger partial charge in [0.25, 0.3) is 0 Å². The number of halogens is 1. The normalized spacial score (nSPS) is 18.2. The standard InChI is InChI=1S/C19H30N4O2S.HI/c1-3-20-19(22-12-8-16(2)9-13-22)21-11-15-26(24,25)23-14-10-17-6-4-5-7-18(17)23;/h4-7,16H,3,8-15H2,1-2H3,(H,20,21);1H. The Labute approximate surface area is 180 Å². The number of anilines is 1. The van der Waals surface area contributed by atoms with Gasteiger partial charge in [-0.25, -0.2) is 8.42 Å². The van der Waals surface area contributed by atoms with E-state index in [-0.39, 0.29) is 36.3 Å². The second-order valence-corrected chi connectivity index (χ2v) is 9.18. The van der Waals surface area contributed by atoms with E-state index < -0.39 is 10.0 Å². The fourth-order valence-corrected chi connectivity index (χ4v) is 5.01. The van der Waals surface area contributed by atoms with Gasteiger partial charge in [-0.1, -0.05) is 25.1 Å². The van der Waals surface area contributed by atoms with Crippen molar-refractivity contribution in [1.29, 1.82) is 0 Å². The number of piperidine rings is 1. The van der Waals surface area contributed by atoms with Gasteiger partial charge >= 0.3 is 0 Å². The molecule has 1 aromatic rings. The zero-order valence-electron chi connectivity index (χ0n) is 16.2. The number of nitrogens with one attached hydrogen (secondary N) is 1. The number of rotatable bonds is 5. The zero-order valence-corrected chi connectivity index (χ0v) is 19.4. The van der Waals surface area contributed by atoms with Gasteiger partial charge in [-0.05, 0) is 43.7 Å². The van der Waals surface area contributed by atoms with Gasteiger partial charge in [0.1, 0.15) is 0 Å². The van der Waals surface area contributed by atoms with Crippen molar-refractivity contribution in [3.8, 4) is 0 Å². The number of hydrogen-bond donors (Lipinski definition) is 1. The van der Waals surface area contributed by atoms with Crippen LogP contribution in [0.5, 0.6) is 0 Å². The highest BCUT2D eigenvalue weighted by atomic mass is 127. The van der Waals surface area contributed by atoms with Gasteiger partial charge in [0.05, 0.1) is 18.0 Å². The van der Waals surface area contributed by atoms with E-state index in [1.165, 1.54) is 0 Å². The summed E-state index contributed by atoms with van der Waals surface area (Å²) in [6.07, 6.45) is 3.10. The Morgan fingerprint density at radius 1 is 1.22 bits per heavy atom. The van der Waals surface area contributed by atoms with E-state index in [1.54, 1.807) is 4.31 Å². The third-order valence-corrected chi connectivity index (χ3v) is 6.96. The number of para-hydroxylation sites is 1. The fourth-order valence-electron chi connectivity index (χ4n) is 3.62. The van der Waals surface area contributed by atoms with Crippen molar-refractivity contribution in [1.82, 2.24) is 10.2 Å². The molecule has 2 aliphatic rings. The summed E-state index contributed by atoms with van der Waals surface area (Å²) in [5.41, 5.74) is 1.93. The minimum absolute atomic E-state index is 0. The van der Waals surface area contributed by atoms with E-state index in [1.807, 2.05) is 31.2 Å². The third-order valence-electron chi connectivity index (χ3n) is 5.21. The SMILES string of the molecule is CCNC(=NCCS(=O)(=O)N1CCc2ccccc21)N1CCC(C)CC1.I. The molecule has 0 bridgehead atoms. The van der Waals surface area contributed by atoms with Gasteiger partial charge < -0.3 is 10.2 Å².